The van der Waals surface area contributed by atoms with Gasteiger partial charge in [0.05, 0.1) is 0 Å². The molecule has 1 aromatic rings. The van der Waals surface area contributed by atoms with E-state index in [4.69, 9.17) is 5.73 Å². The fraction of sp³-hybridized carbons (Fsp3) is 0.667. The SMILES string of the molecule is CN(C)C1CCN(c2ncnc(N)n2)C1. The molecule has 0 spiro atoms. The number of hydrogen-bond acceptors (Lipinski definition) is 6. The fourth-order valence-electron chi connectivity index (χ4n) is 1.80. The normalized spacial score (nSPS) is 21.3. The summed E-state index contributed by atoms with van der Waals surface area (Å²) in [7, 11) is 4.19. The number of likely N-dealkylation sites (N-methyl/N-ethyl adjacent to an activating group) is 1. The van der Waals surface area contributed by atoms with Crippen LogP contribution in [0.2, 0.25) is 0 Å². The maximum atomic E-state index is 5.52. The molecule has 0 bridgehead atoms. The largest absolute Gasteiger partial charge is 0.368 e. The molecule has 1 aromatic heterocycles. The molecule has 1 atom stereocenters. The number of nitrogens with zero attached hydrogens (tertiary/aromatic N) is 5. The third-order valence-electron chi connectivity index (χ3n) is 2.75. The monoisotopic (exact) mass is 208 g/mol. The minimum atomic E-state index is 0.285. The topological polar surface area (TPSA) is 71.2 Å². The average molecular weight is 208 g/mol. The highest BCUT2D eigenvalue weighted by Gasteiger charge is 2.25. The zero-order chi connectivity index (χ0) is 10.8. The van der Waals surface area contributed by atoms with E-state index in [1.165, 1.54) is 6.33 Å². The van der Waals surface area contributed by atoms with Crippen molar-refractivity contribution in [2.45, 2.75) is 12.5 Å². The molecule has 0 amide bonds. The molecular formula is C9H16N6. The van der Waals surface area contributed by atoms with Crippen LogP contribution in [0.5, 0.6) is 0 Å². The molecule has 6 nitrogen and oxygen atoms in total. The fourth-order valence-corrected chi connectivity index (χ4v) is 1.80. The van der Waals surface area contributed by atoms with Crippen LogP contribution in [-0.2, 0) is 0 Å². The summed E-state index contributed by atoms with van der Waals surface area (Å²) < 4.78 is 0. The predicted molar refractivity (Wildman–Crippen MR) is 58.5 cm³/mol. The van der Waals surface area contributed by atoms with Crippen LogP contribution in [0.25, 0.3) is 0 Å². The summed E-state index contributed by atoms with van der Waals surface area (Å²) in [5.41, 5.74) is 5.52. The third kappa shape index (κ3) is 2.15. The van der Waals surface area contributed by atoms with Gasteiger partial charge in [0.1, 0.15) is 6.33 Å². The van der Waals surface area contributed by atoms with Crippen LogP contribution >= 0.6 is 0 Å². The van der Waals surface area contributed by atoms with Crippen LogP contribution in [0.4, 0.5) is 11.9 Å². The Morgan fingerprint density at radius 1 is 1.47 bits per heavy atom. The van der Waals surface area contributed by atoms with Crippen molar-refractivity contribution in [3.63, 3.8) is 0 Å². The van der Waals surface area contributed by atoms with Crippen molar-refractivity contribution < 1.29 is 0 Å². The van der Waals surface area contributed by atoms with Crippen LogP contribution in [0.15, 0.2) is 6.33 Å². The molecular weight excluding hydrogens is 192 g/mol. The van der Waals surface area contributed by atoms with Gasteiger partial charge in [-0.25, -0.2) is 9.97 Å². The maximum Gasteiger partial charge on any atom is 0.230 e. The molecule has 0 radical (unpaired) electrons. The summed E-state index contributed by atoms with van der Waals surface area (Å²) >= 11 is 0. The van der Waals surface area contributed by atoms with Crippen LogP contribution in [-0.4, -0.2) is 53.1 Å². The molecule has 1 fully saturated rings. The Morgan fingerprint density at radius 2 is 2.27 bits per heavy atom. The molecule has 2 heterocycles. The van der Waals surface area contributed by atoms with E-state index < -0.39 is 0 Å². The van der Waals surface area contributed by atoms with Crippen LogP contribution in [0, 0.1) is 0 Å². The Kier molecular flexibility index (Phi) is 2.68. The molecule has 0 aliphatic carbocycles. The lowest BCUT2D eigenvalue weighted by molar-refractivity contribution is 0.315. The lowest BCUT2D eigenvalue weighted by atomic mass is 10.2. The highest BCUT2D eigenvalue weighted by atomic mass is 15.3. The van der Waals surface area contributed by atoms with E-state index >= 15 is 0 Å². The van der Waals surface area contributed by atoms with E-state index in [1.807, 2.05) is 0 Å². The number of nitrogens with two attached hydrogens (primary N) is 1. The number of anilines is 2. The molecule has 1 unspecified atom stereocenters. The molecule has 1 aliphatic heterocycles. The van der Waals surface area contributed by atoms with Crippen LogP contribution in [0.3, 0.4) is 0 Å². The van der Waals surface area contributed by atoms with Crippen molar-refractivity contribution in [3.05, 3.63) is 6.33 Å². The van der Waals surface area contributed by atoms with E-state index in [9.17, 15) is 0 Å². The van der Waals surface area contributed by atoms with Gasteiger partial charge in [-0.15, -0.1) is 0 Å². The molecule has 2 N–H and O–H groups in total. The molecule has 0 saturated carbocycles. The molecule has 1 aliphatic rings. The van der Waals surface area contributed by atoms with E-state index in [1.54, 1.807) is 0 Å². The van der Waals surface area contributed by atoms with Crippen molar-refractivity contribution in [2.24, 2.45) is 0 Å². The minimum Gasteiger partial charge on any atom is -0.368 e. The lowest BCUT2D eigenvalue weighted by Gasteiger charge is -2.20. The van der Waals surface area contributed by atoms with E-state index in [-0.39, 0.29) is 5.95 Å². The van der Waals surface area contributed by atoms with Gasteiger partial charge in [0, 0.05) is 19.1 Å². The van der Waals surface area contributed by atoms with E-state index in [0.29, 0.717) is 12.0 Å². The van der Waals surface area contributed by atoms with Crippen molar-refractivity contribution in [3.8, 4) is 0 Å². The highest BCUT2D eigenvalue weighted by Crippen LogP contribution is 2.18. The average Bonchev–Trinajstić information content (AvgIpc) is 2.66. The van der Waals surface area contributed by atoms with Gasteiger partial charge in [-0.05, 0) is 20.5 Å². The summed E-state index contributed by atoms with van der Waals surface area (Å²) in [4.78, 5) is 16.4. The predicted octanol–water partition coefficient (Wildman–Crippen LogP) is -0.406. The highest BCUT2D eigenvalue weighted by molar-refractivity contribution is 5.34. The summed E-state index contributed by atoms with van der Waals surface area (Å²) in [6.45, 7) is 1.93. The van der Waals surface area contributed by atoms with Crippen molar-refractivity contribution in [1.29, 1.82) is 0 Å². The quantitative estimate of drug-likeness (QED) is 0.712. The Bertz CT molecular complexity index is 339. The maximum absolute atomic E-state index is 5.52. The summed E-state index contributed by atoms with van der Waals surface area (Å²) in [6, 6.07) is 0.572. The van der Waals surface area contributed by atoms with Gasteiger partial charge in [0.2, 0.25) is 11.9 Å². The van der Waals surface area contributed by atoms with Gasteiger partial charge in [0.15, 0.2) is 0 Å². The Morgan fingerprint density at radius 3 is 2.87 bits per heavy atom. The Balaban J connectivity index is 2.08. The van der Waals surface area contributed by atoms with Gasteiger partial charge >= 0.3 is 0 Å². The second-order valence-electron chi connectivity index (χ2n) is 4.00. The second-order valence-corrected chi connectivity index (χ2v) is 4.00. The summed E-state index contributed by atoms with van der Waals surface area (Å²) in [5, 5.41) is 0. The van der Waals surface area contributed by atoms with Gasteiger partial charge in [-0.1, -0.05) is 0 Å². The summed E-state index contributed by atoms with van der Waals surface area (Å²) in [5.74, 6) is 0.972. The Labute approximate surface area is 89.1 Å². The van der Waals surface area contributed by atoms with Gasteiger partial charge in [-0.2, -0.15) is 4.98 Å². The number of nitrogen functional groups attached to an aromatic ring is 1. The first-order valence-electron chi connectivity index (χ1n) is 5.02. The smallest absolute Gasteiger partial charge is 0.230 e. The zero-order valence-corrected chi connectivity index (χ0v) is 9.09. The van der Waals surface area contributed by atoms with E-state index in [2.05, 4.69) is 38.8 Å². The standard InChI is InChI=1S/C9H16N6/c1-14(2)7-3-4-15(5-7)9-12-6-11-8(10)13-9/h6-7H,3-5H2,1-2H3,(H2,10,11,12,13). The molecule has 2 rings (SSSR count). The Hall–Kier alpha value is -1.43. The molecule has 82 valence electrons. The van der Waals surface area contributed by atoms with Gasteiger partial charge < -0.3 is 15.5 Å². The van der Waals surface area contributed by atoms with Crippen LogP contribution < -0.4 is 10.6 Å². The lowest BCUT2D eigenvalue weighted by Crippen LogP contribution is -2.32. The molecule has 6 heteroatoms. The van der Waals surface area contributed by atoms with Gasteiger partial charge in [0.25, 0.3) is 0 Å². The number of rotatable bonds is 2. The van der Waals surface area contributed by atoms with Crippen LogP contribution in [0.1, 0.15) is 6.42 Å². The van der Waals surface area contributed by atoms with Crippen molar-refractivity contribution >= 4 is 11.9 Å². The van der Waals surface area contributed by atoms with Gasteiger partial charge in [-0.3, -0.25) is 0 Å². The van der Waals surface area contributed by atoms with Crippen molar-refractivity contribution in [2.75, 3.05) is 37.8 Å². The first kappa shape index (κ1) is 10.1. The number of aromatic nitrogens is 3. The first-order valence-corrected chi connectivity index (χ1v) is 5.02. The first-order chi connectivity index (χ1) is 7.16. The third-order valence-corrected chi connectivity index (χ3v) is 2.75. The number of hydrogen-bond donors (Lipinski definition) is 1. The van der Waals surface area contributed by atoms with Crippen molar-refractivity contribution in [1.82, 2.24) is 19.9 Å². The molecule has 15 heavy (non-hydrogen) atoms. The second kappa shape index (κ2) is 3.98. The molecule has 1 saturated heterocycles. The summed E-state index contributed by atoms with van der Waals surface area (Å²) in [6.07, 6.45) is 2.60. The minimum absolute atomic E-state index is 0.285. The molecule has 0 aromatic carbocycles. The van der Waals surface area contributed by atoms with E-state index in [0.717, 1.165) is 19.5 Å². The zero-order valence-electron chi connectivity index (χ0n) is 9.09.